The highest BCUT2D eigenvalue weighted by atomic mass is 16.5. The van der Waals surface area contributed by atoms with Crippen LogP contribution in [0.25, 0.3) is 0 Å². The fourth-order valence-electron chi connectivity index (χ4n) is 4.52. The van der Waals surface area contributed by atoms with Crippen LogP contribution in [0.1, 0.15) is 60.4 Å². The van der Waals surface area contributed by atoms with Crippen LogP contribution < -0.4 is 10.1 Å². The van der Waals surface area contributed by atoms with Gasteiger partial charge in [0.05, 0.1) is 31.0 Å². The number of nitrogens with zero attached hydrogens (tertiary/aromatic N) is 4. The van der Waals surface area contributed by atoms with Crippen LogP contribution in [0.5, 0.6) is 5.75 Å². The first-order chi connectivity index (χ1) is 16.1. The minimum Gasteiger partial charge on any atom is -0.495 e. The van der Waals surface area contributed by atoms with Crippen molar-refractivity contribution in [2.45, 2.75) is 51.6 Å². The molecule has 1 saturated heterocycles. The van der Waals surface area contributed by atoms with Crippen LogP contribution in [0.4, 0.5) is 4.79 Å². The highest BCUT2D eigenvalue weighted by molar-refractivity contribution is 5.75. The van der Waals surface area contributed by atoms with Crippen LogP contribution in [-0.4, -0.2) is 47.8 Å². The molecule has 33 heavy (non-hydrogen) atoms. The zero-order valence-electron chi connectivity index (χ0n) is 19.3. The smallest absolute Gasteiger partial charge is 0.318 e. The molecular formula is C25H31N5O3. The van der Waals surface area contributed by atoms with E-state index in [1.54, 1.807) is 19.2 Å². The molecule has 1 atom stereocenters. The van der Waals surface area contributed by atoms with Gasteiger partial charge in [0, 0.05) is 32.4 Å². The molecule has 2 aliphatic heterocycles. The van der Waals surface area contributed by atoms with Gasteiger partial charge in [-0.05, 0) is 54.9 Å². The Morgan fingerprint density at radius 1 is 1.39 bits per heavy atom. The van der Waals surface area contributed by atoms with Crippen molar-refractivity contribution in [1.29, 1.82) is 5.26 Å². The van der Waals surface area contributed by atoms with E-state index in [4.69, 9.17) is 14.5 Å². The molecule has 2 amide bonds. The first-order valence-corrected chi connectivity index (χ1v) is 11.7. The van der Waals surface area contributed by atoms with Gasteiger partial charge in [0.25, 0.3) is 0 Å². The summed E-state index contributed by atoms with van der Waals surface area (Å²) in [6.07, 6.45) is 6.35. The predicted octanol–water partition coefficient (Wildman–Crippen LogP) is 3.54. The minimum atomic E-state index is -0.189. The number of aromatic nitrogens is 2. The van der Waals surface area contributed by atoms with Crippen LogP contribution in [-0.2, 0) is 24.1 Å². The second-order valence-corrected chi connectivity index (χ2v) is 8.67. The lowest BCUT2D eigenvalue weighted by molar-refractivity contribution is 0.0659. The van der Waals surface area contributed by atoms with Crippen molar-refractivity contribution < 1.29 is 14.3 Å². The van der Waals surface area contributed by atoms with Gasteiger partial charge in [-0.2, -0.15) is 5.26 Å². The molecule has 1 aromatic carbocycles. The summed E-state index contributed by atoms with van der Waals surface area (Å²) < 4.78 is 10.7. The van der Waals surface area contributed by atoms with E-state index in [2.05, 4.69) is 16.4 Å². The van der Waals surface area contributed by atoms with Crippen molar-refractivity contribution in [1.82, 2.24) is 20.2 Å². The van der Waals surface area contributed by atoms with Gasteiger partial charge in [0.2, 0.25) is 0 Å². The summed E-state index contributed by atoms with van der Waals surface area (Å²) in [5, 5.41) is 12.5. The highest BCUT2D eigenvalue weighted by Gasteiger charge is 2.25. The summed E-state index contributed by atoms with van der Waals surface area (Å²) >= 11 is 0. The summed E-state index contributed by atoms with van der Waals surface area (Å²) in [6, 6.07) is 7.31. The van der Waals surface area contributed by atoms with Crippen molar-refractivity contribution in [3.8, 4) is 11.8 Å². The van der Waals surface area contributed by atoms with Gasteiger partial charge in [-0.3, -0.25) is 0 Å². The summed E-state index contributed by atoms with van der Waals surface area (Å²) in [6.45, 7) is 4.75. The number of urea groups is 1. The number of ether oxygens (including phenoxy) is 2. The molecule has 2 aromatic rings. The Labute approximate surface area is 194 Å². The summed E-state index contributed by atoms with van der Waals surface area (Å²) in [5.74, 6) is 1.95. The molecule has 0 aliphatic carbocycles. The number of amides is 2. The molecule has 0 radical (unpaired) electrons. The van der Waals surface area contributed by atoms with Gasteiger partial charge in [-0.15, -0.1) is 0 Å². The zero-order valence-corrected chi connectivity index (χ0v) is 19.3. The normalized spacial score (nSPS) is 17.1. The molecule has 8 heteroatoms. The number of fused-ring (bicyclic) bond motifs is 1. The maximum absolute atomic E-state index is 13.1. The lowest BCUT2D eigenvalue weighted by Crippen LogP contribution is -2.44. The van der Waals surface area contributed by atoms with Crippen molar-refractivity contribution >= 4 is 6.03 Å². The molecule has 1 aromatic heterocycles. The molecule has 3 heterocycles. The van der Waals surface area contributed by atoms with Crippen molar-refractivity contribution in [3.05, 3.63) is 52.6 Å². The van der Waals surface area contributed by atoms with Crippen LogP contribution in [0.15, 0.2) is 24.4 Å². The maximum atomic E-state index is 13.1. The first kappa shape index (κ1) is 23.0. The van der Waals surface area contributed by atoms with E-state index >= 15 is 0 Å². The summed E-state index contributed by atoms with van der Waals surface area (Å²) in [5.41, 5.74) is 3.42. The third-order valence-electron chi connectivity index (χ3n) is 6.55. The van der Waals surface area contributed by atoms with E-state index in [0.29, 0.717) is 36.7 Å². The first-order valence-electron chi connectivity index (χ1n) is 11.7. The fourth-order valence-corrected chi connectivity index (χ4v) is 4.52. The van der Waals surface area contributed by atoms with Gasteiger partial charge >= 0.3 is 6.03 Å². The van der Waals surface area contributed by atoms with Crippen LogP contribution in [0, 0.1) is 17.2 Å². The Hall–Kier alpha value is -3.18. The van der Waals surface area contributed by atoms with Crippen molar-refractivity contribution in [2.24, 2.45) is 5.92 Å². The number of methoxy groups -OCH3 is 1. The predicted molar refractivity (Wildman–Crippen MR) is 123 cm³/mol. The number of benzene rings is 1. The number of carbonyl (C=O) groups excluding carboxylic acids is 1. The number of nitrogens with one attached hydrogen (secondary N) is 1. The Morgan fingerprint density at radius 3 is 2.94 bits per heavy atom. The van der Waals surface area contributed by atoms with E-state index in [1.165, 1.54) is 0 Å². The monoisotopic (exact) mass is 449 g/mol. The Balaban J connectivity index is 1.42. The lowest BCUT2D eigenvalue weighted by Gasteiger charge is -2.30. The van der Waals surface area contributed by atoms with Gasteiger partial charge in [0.1, 0.15) is 17.6 Å². The molecule has 0 bridgehead atoms. The Kier molecular flexibility index (Phi) is 7.40. The molecule has 174 valence electrons. The molecule has 1 unspecified atom stereocenters. The third kappa shape index (κ3) is 5.42. The second-order valence-electron chi connectivity index (χ2n) is 8.67. The molecule has 2 aliphatic rings. The van der Waals surface area contributed by atoms with Crippen LogP contribution >= 0.6 is 0 Å². The minimum absolute atomic E-state index is 0.119. The molecule has 1 fully saturated rings. The SMILES string of the molecule is CCC(NC(=O)N1CCc2cnc(CC3CCOCC3)nc2C1)c1ccc(OC)c(C#N)c1. The second kappa shape index (κ2) is 10.6. The molecule has 0 spiro atoms. The summed E-state index contributed by atoms with van der Waals surface area (Å²) in [4.78, 5) is 24.3. The quantitative estimate of drug-likeness (QED) is 0.724. The largest absolute Gasteiger partial charge is 0.495 e. The summed E-state index contributed by atoms with van der Waals surface area (Å²) in [7, 11) is 1.54. The average Bonchev–Trinajstić information content (AvgIpc) is 2.86. The van der Waals surface area contributed by atoms with Gasteiger partial charge in [-0.25, -0.2) is 14.8 Å². The number of carbonyl (C=O) groups is 1. The van der Waals surface area contributed by atoms with Crippen LogP contribution in [0.3, 0.4) is 0 Å². The number of hydrogen-bond acceptors (Lipinski definition) is 6. The standard InChI is InChI=1S/C25H31N5O3/c1-3-21(18-4-5-23(32-2)20(13-18)14-26)29-25(31)30-9-6-19-15-27-24(28-22(19)16-30)12-17-7-10-33-11-8-17/h4-5,13,15,17,21H,3,6-12,16H2,1-2H3,(H,29,31). The number of rotatable bonds is 6. The number of nitriles is 1. The van der Waals surface area contributed by atoms with E-state index in [-0.39, 0.29) is 12.1 Å². The van der Waals surface area contributed by atoms with Crippen LogP contribution in [0.2, 0.25) is 0 Å². The Morgan fingerprint density at radius 2 is 2.21 bits per heavy atom. The van der Waals surface area contributed by atoms with E-state index < -0.39 is 0 Å². The van der Waals surface area contributed by atoms with E-state index in [0.717, 1.165) is 61.5 Å². The molecule has 1 N–H and O–H groups in total. The third-order valence-corrected chi connectivity index (χ3v) is 6.55. The molecule has 4 rings (SSSR count). The van der Waals surface area contributed by atoms with E-state index in [1.807, 2.05) is 24.1 Å². The molecule has 8 nitrogen and oxygen atoms in total. The van der Waals surface area contributed by atoms with E-state index in [9.17, 15) is 10.1 Å². The molecule has 0 saturated carbocycles. The van der Waals surface area contributed by atoms with Gasteiger partial charge in [0.15, 0.2) is 0 Å². The fraction of sp³-hybridized carbons (Fsp3) is 0.520. The zero-order chi connectivity index (χ0) is 23.2. The average molecular weight is 450 g/mol. The van der Waals surface area contributed by atoms with Crippen molar-refractivity contribution in [2.75, 3.05) is 26.9 Å². The van der Waals surface area contributed by atoms with Crippen molar-refractivity contribution in [3.63, 3.8) is 0 Å². The van der Waals surface area contributed by atoms with Gasteiger partial charge < -0.3 is 19.7 Å². The maximum Gasteiger partial charge on any atom is 0.318 e. The van der Waals surface area contributed by atoms with Gasteiger partial charge in [-0.1, -0.05) is 13.0 Å². The lowest BCUT2D eigenvalue weighted by atomic mass is 9.96. The highest BCUT2D eigenvalue weighted by Crippen LogP contribution is 2.26. The molecular weight excluding hydrogens is 418 g/mol. The topological polar surface area (TPSA) is 100 Å². The number of hydrogen-bond donors (Lipinski definition) is 1. The Bertz CT molecular complexity index is 1030.